The van der Waals surface area contributed by atoms with Crippen LogP contribution < -0.4 is 5.32 Å². The van der Waals surface area contributed by atoms with E-state index in [9.17, 15) is 14.4 Å². The van der Waals surface area contributed by atoms with Gasteiger partial charge >= 0.3 is 0 Å². The Balaban J connectivity index is 1.29. The number of amides is 3. The molecule has 148 valence electrons. The van der Waals surface area contributed by atoms with Crippen molar-refractivity contribution in [3.05, 3.63) is 66.0 Å². The minimum absolute atomic E-state index is 0.0788. The summed E-state index contributed by atoms with van der Waals surface area (Å²) in [7, 11) is 0. The van der Waals surface area contributed by atoms with Gasteiger partial charge in [0.05, 0.1) is 0 Å². The SMILES string of the molecule is O=C(CCCN1C(=O)c2cccc3cccc(c23)C1=O)NCCCn1cccn1. The predicted octanol–water partition coefficient (Wildman–Crippen LogP) is 2.62. The average molecular weight is 390 g/mol. The van der Waals surface area contributed by atoms with Crippen LogP contribution in [0.3, 0.4) is 0 Å². The highest BCUT2D eigenvalue weighted by atomic mass is 16.2. The van der Waals surface area contributed by atoms with Crippen molar-refractivity contribution in [2.75, 3.05) is 13.1 Å². The van der Waals surface area contributed by atoms with E-state index in [4.69, 9.17) is 0 Å². The van der Waals surface area contributed by atoms with Crippen LogP contribution in [0.5, 0.6) is 0 Å². The van der Waals surface area contributed by atoms with Gasteiger partial charge < -0.3 is 5.32 Å². The number of hydrogen-bond donors (Lipinski definition) is 1. The topological polar surface area (TPSA) is 84.3 Å². The number of aromatic nitrogens is 2. The van der Waals surface area contributed by atoms with E-state index in [0.29, 0.717) is 24.1 Å². The molecule has 0 fully saturated rings. The summed E-state index contributed by atoms with van der Waals surface area (Å²) in [5.74, 6) is -0.664. The van der Waals surface area contributed by atoms with Crippen molar-refractivity contribution in [2.45, 2.75) is 25.8 Å². The second-order valence-electron chi connectivity index (χ2n) is 7.05. The molecule has 0 radical (unpaired) electrons. The summed E-state index contributed by atoms with van der Waals surface area (Å²) in [6.07, 6.45) is 5.09. The molecule has 0 saturated carbocycles. The monoisotopic (exact) mass is 390 g/mol. The first-order chi connectivity index (χ1) is 14.1. The molecule has 0 atom stereocenters. The number of benzene rings is 2. The van der Waals surface area contributed by atoms with E-state index < -0.39 is 0 Å². The van der Waals surface area contributed by atoms with Crippen molar-refractivity contribution in [3.8, 4) is 0 Å². The molecule has 0 unspecified atom stereocenters. The molecule has 1 aromatic heterocycles. The largest absolute Gasteiger partial charge is 0.356 e. The Morgan fingerprint density at radius 3 is 2.31 bits per heavy atom. The van der Waals surface area contributed by atoms with Crippen LogP contribution in [0, 0.1) is 0 Å². The van der Waals surface area contributed by atoms with Crippen LogP contribution in [0.2, 0.25) is 0 Å². The van der Waals surface area contributed by atoms with Crippen LogP contribution in [-0.2, 0) is 11.3 Å². The molecular weight excluding hydrogens is 368 g/mol. The third-order valence-electron chi connectivity index (χ3n) is 5.09. The highest BCUT2D eigenvalue weighted by Gasteiger charge is 2.32. The summed E-state index contributed by atoms with van der Waals surface area (Å²) < 4.78 is 1.82. The van der Waals surface area contributed by atoms with Crippen LogP contribution in [0.15, 0.2) is 54.9 Å². The normalized spacial score (nSPS) is 13.2. The molecule has 4 rings (SSSR count). The van der Waals surface area contributed by atoms with Crippen molar-refractivity contribution in [1.82, 2.24) is 20.0 Å². The lowest BCUT2D eigenvalue weighted by Gasteiger charge is -2.27. The van der Waals surface area contributed by atoms with E-state index in [2.05, 4.69) is 10.4 Å². The molecule has 0 aliphatic carbocycles. The second kappa shape index (κ2) is 8.26. The van der Waals surface area contributed by atoms with Crippen LogP contribution in [-0.4, -0.2) is 45.5 Å². The molecule has 2 aromatic carbocycles. The minimum atomic E-state index is -0.293. The van der Waals surface area contributed by atoms with Gasteiger partial charge in [0.2, 0.25) is 5.91 Å². The van der Waals surface area contributed by atoms with Gasteiger partial charge in [-0.2, -0.15) is 5.10 Å². The number of rotatable bonds is 8. The van der Waals surface area contributed by atoms with Crippen molar-refractivity contribution in [2.24, 2.45) is 0 Å². The van der Waals surface area contributed by atoms with Gasteiger partial charge in [-0.1, -0.05) is 24.3 Å². The number of carbonyl (C=O) groups is 3. The van der Waals surface area contributed by atoms with E-state index in [1.807, 2.05) is 41.2 Å². The Kier molecular flexibility index (Phi) is 5.37. The number of carbonyl (C=O) groups excluding carboxylic acids is 3. The first-order valence-corrected chi connectivity index (χ1v) is 9.77. The predicted molar refractivity (Wildman–Crippen MR) is 108 cm³/mol. The van der Waals surface area contributed by atoms with Gasteiger partial charge in [-0.3, -0.25) is 24.0 Å². The summed E-state index contributed by atoms with van der Waals surface area (Å²) in [6.45, 7) is 1.54. The van der Waals surface area contributed by atoms with Gasteiger partial charge in [0.15, 0.2) is 0 Å². The maximum absolute atomic E-state index is 12.8. The summed E-state index contributed by atoms with van der Waals surface area (Å²) in [5, 5.41) is 8.59. The number of imide groups is 1. The van der Waals surface area contributed by atoms with Crippen molar-refractivity contribution >= 4 is 28.5 Å². The Hall–Kier alpha value is -3.48. The minimum Gasteiger partial charge on any atom is -0.356 e. The lowest BCUT2D eigenvalue weighted by molar-refractivity contribution is -0.121. The fraction of sp³-hybridized carbons (Fsp3) is 0.273. The molecule has 2 heterocycles. The maximum Gasteiger partial charge on any atom is 0.261 e. The average Bonchev–Trinajstić information content (AvgIpc) is 3.25. The summed E-state index contributed by atoms with van der Waals surface area (Å²) in [6, 6.07) is 12.8. The van der Waals surface area contributed by atoms with E-state index in [1.165, 1.54) is 4.90 Å². The Labute approximate surface area is 168 Å². The smallest absolute Gasteiger partial charge is 0.261 e. The highest BCUT2D eigenvalue weighted by molar-refractivity contribution is 6.25. The molecule has 1 N–H and O–H groups in total. The first kappa shape index (κ1) is 18.9. The molecule has 7 heteroatoms. The van der Waals surface area contributed by atoms with Crippen LogP contribution in [0.1, 0.15) is 40.0 Å². The highest BCUT2D eigenvalue weighted by Crippen LogP contribution is 2.29. The standard InChI is InChI=1S/C22H22N4O3/c27-19(23-11-4-13-25-14-5-12-24-25)10-3-15-26-21(28)17-8-1-6-16-7-2-9-18(20(16)17)22(26)29/h1-2,5-9,12,14H,3-4,10-11,13,15H2,(H,23,27). The van der Waals surface area contributed by atoms with Gasteiger partial charge in [0.25, 0.3) is 11.8 Å². The number of nitrogens with zero attached hydrogens (tertiary/aromatic N) is 3. The van der Waals surface area contributed by atoms with Crippen LogP contribution >= 0.6 is 0 Å². The molecule has 1 aliphatic rings. The zero-order valence-electron chi connectivity index (χ0n) is 16.0. The summed E-state index contributed by atoms with van der Waals surface area (Å²) in [5.41, 5.74) is 1.08. The zero-order chi connectivity index (χ0) is 20.2. The van der Waals surface area contributed by atoms with E-state index in [1.54, 1.807) is 18.3 Å². The van der Waals surface area contributed by atoms with E-state index in [-0.39, 0.29) is 30.7 Å². The van der Waals surface area contributed by atoms with Gasteiger partial charge in [-0.25, -0.2) is 0 Å². The molecule has 7 nitrogen and oxygen atoms in total. The summed E-state index contributed by atoms with van der Waals surface area (Å²) >= 11 is 0. The van der Waals surface area contributed by atoms with Crippen molar-refractivity contribution < 1.29 is 14.4 Å². The molecule has 0 bridgehead atoms. The Morgan fingerprint density at radius 2 is 1.66 bits per heavy atom. The Bertz CT molecular complexity index is 1010. The van der Waals surface area contributed by atoms with Gasteiger partial charge in [-0.15, -0.1) is 0 Å². The number of nitrogens with one attached hydrogen (secondary N) is 1. The molecule has 0 saturated heterocycles. The number of aryl methyl sites for hydroxylation is 1. The van der Waals surface area contributed by atoms with Gasteiger partial charge in [0.1, 0.15) is 0 Å². The zero-order valence-corrected chi connectivity index (χ0v) is 16.0. The van der Waals surface area contributed by atoms with Gasteiger partial charge in [0, 0.05) is 55.0 Å². The molecule has 0 spiro atoms. The lowest BCUT2D eigenvalue weighted by atomic mass is 9.94. The van der Waals surface area contributed by atoms with Gasteiger partial charge in [-0.05, 0) is 36.4 Å². The van der Waals surface area contributed by atoms with Crippen molar-refractivity contribution in [3.63, 3.8) is 0 Å². The third-order valence-corrected chi connectivity index (χ3v) is 5.09. The molecular formula is C22H22N4O3. The molecule has 3 amide bonds. The first-order valence-electron chi connectivity index (χ1n) is 9.77. The quantitative estimate of drug-likeness (QED) is 0.473. The second-order valence-corrected chi connectivity index (χ2v) is 7.05. The fourth-order valence-corrected chi connectivity index (χ4v) is 3.67. The van der Waals surface area contributed by atoms with Crippen LogP contribution in [0.4, 0.5) is 0 Å². The van der Waals surface area contributed by atoms with E-state index >= 15 is 0 Å². The molecule has 3 aromatic rings. The van der Waals surface area contributed by atoms with E-state index in [0.717, 1.165) is 23.7 Å². The molecule has 29 heavy (non-hydrogen) atoms. The Morgan fingerprint density at radius 1 is 0.931 bits per heavy atom. The van der Waals surface area contributed by atoms with Crippen molar-refractivity contribution in [1.29, 1.82) is 0 Å². The fourth-order valence-electron chi connectivity index (χ4n) is 3.67. The summed E-state index contributed by atoms with van der Waals surface area (Å²) in [4.78, 5) is 38.9. The lowest BCUT2D eigenvalue weighted by Crippen LogP contribution is -2.41. The molecule has 1 aliphatic heterocycles. The number of hydrogen-bond acceptors (Lipinski definition) is 4. The maximum atomic E-state index is 12.8. The third kappa shape index (κ3) is 3.89. The van der Waals surface area contributed by atoms with Crippen LogP contribution in [0.25, 0.3) is 10.8 Å².